The summed E-state index contributed by atoms with van der Waals surface area (Å²) in [5, 5.41) is 18.5. The second kappa shape index (κ2) is 12.9. The number of halogens is 6. The summed E-state index contributed by atoms with van der Waals surface area (Å²) < 4.78 is 77.6. The van der Waals surface area contributed by atoms with Crippen LogP contribution in [-0.4, -0.2) is 88.2 Å². The van der Waals surface area contributed by atoms with E-state index in [1.165, 1.54) is 31.2 Å². The van der Waals surface area contributed by atoms with Gasteiger partial charge in [-0.1, -0.05) is 0 Å². The Morgan fingerprint density at radius 1 is 1.14 bits per heavy atom. The molecule has 212 valence electrons. The lowest BCUT2D eigenvalue weighted by Crippen LogP contribution is -2.56. The summed E-state index contributed by atoms with van der Waals surface area (Å²) >= 11 is 0. The van der Waals surface area contributed by atoms with E-state index in [0.29, 0.717) is 6.10 Å². The number of piperidine rings is 1. The van der Waals surface area contributed by atoms with Crippen molar-refractivity contribution in [2.24, 2.45) is 18.4 Å². The van der Waals surface area contributed by atoms with Crippen LogP contribution in [0.5, 0.6) is 0 Å². The highest BCUT2D eigenvalue weighted by molar-refractivity contribution is 5.73. The fourth-order valence-corrected chi connectivity index (χ4v) is 4.25. The van der Waals surface area contributed by atoms with Crippen molar-refractivity contribution in [3.8, 4) is 0 Å². The summed E-state index contributed by atoms with van der Waals surface area (Å²) in [5.74, 6) is -4.68. The van der Waals surface area contributed by atoms with Crippen LogP contribution in [0, 0.1) is 11.3 Å². The fourth-order valence-electron chi connectivity index (χ4n) is 4.25. The summed E-state index contributed by atoms with van der Waals surface area (Å²) in [6, 6.07) is 0. The summed E-state index contributed by atoms with van der Waals surface area (Å²) in [6.45, 7) is 5.96. The summed E-state index contributed by atoms with van der Waals surface area (Å²) in [6.07, 6.45) is 0.600. The maximum Gasteiger partial charge on any atom is 0.490 e. The van der Waals surface area contributed by atoms with Crippen molar-refractivity contribution in [3.05, 3.63) is 18.0 Å². The van der Waals surface area contributed by atoms with Crippen LogP contribution in [0.4, 0.5) is 26.3 Å². The summed E-state index contributed by atoms with van der Waals surface area (Å²) in [5.41, 5.74) is 1.50. The van der Waals surface area contributed by atoms with Gasteiger partial charge in [-0.05, 0) is 38.0 Å². The number of hydrogen-bond acceptors (Lipinski definition) is 6. The minimum Gasteiger partial charge on any atom is -0.475 e. The third-order valence-corrected chi connectivity index (χ3v) is 6.16. The molecule has 0 bridgehead atoms. The molecule has 3 heterocycles. The Bertz CT molecular complexity index is 865. The van der Waals surface area contributed by atoms with Crippen LogP contribution in [0.3, 0.4) is 0 Å². The first kappa shape index (κ1) is 30.8. The average molecular weight is 547 g/mol. The molecule has 3 fully saturated rings. The van der Waals surface area contributed by atoms with E-state index in [-0.39, 0.29) is 5.41 Å². The second-order valence-electron chi connectivity index (χ2n) is 9.41. The summed E-state index contributed by atoms with van der Waals surface area (Å²) in [4.78, 5) is 20.4. The molecule has 2 saturated heterocycles. The zero-order valence-electron chi connectivity index (χ0n) is 20.2. The van der Waals surface area contributed by atoms with Gasteiger partial charge in [-0.3, -0.25) is 9.58 Å². The van der Waals surface area contributed by atoms with Gasteiger partial charge in [0.05, 0.1) is 18.9 Å². The number of carboxylic acids is 2. The van der Waals surface area contributed by atoms with Gasteiger partial charge in [0, 0.05) is 57.1 Å². The SMILES string of the molecule is Cn1cc(CN2CCC3OCCCC3(COCC3CC3)C2)cn1.O=C(O)C(F)(F)F.O=C(O)C(F)(F)F. The molecule has 0 spiro atoms. The quantitative estimate of drug-likeness (QED) is 0.521. The van der Waals surface area contributed by atoms with Crippen LogP contribution in [0.1, 0.15) is 37.7 Å². The number of aryl methyl sites for hydroxylation is 1. The molecule has 1 aromatic heterocycles. The first-order chi connectivity index (χ1) is 17.1. The molecule has 9 nitrogen and oxygen atoms in total. The molecule has 1 aliphatic carbocycles. The van der Waals surface area contributed by atoms with Crippen LogP contribution in [0.15, 0.2) is 12.4 Å². The smallest absolute Gasteiger partial charge is 0.475 e. The van der Waals surface area contributed by atoms with Gasteiger partial charge in [-0.2, -0.15) is 31.4 Å². The zero-order valence-corrected chi connectivity index (χ0v) is 20.2. The third-order valence-electron chi connectivity index (χ3n) is 6.16. The Hall–Kier alpha value is -2.39. The maximum atomic E-state index is 10.6. The van der Waals surface area contributed by atoms with E-state index in [9.17, 15) is 26.3 Å². The Morgan fingerprint density at radius 3 is 2.22 bits per heavy atom. The molecule has 4 rings (SSSR count). The van der Waals surface area contributed by atoms with E-state index in [2.05, 4.69) is 16.2 Å². The molecular weight excluding hydrogens is 516 g/mol. The van der Waals surface area contributed by atoms with Gasteiger partial charge in [-0.15, -0.1) is 0 Å². The van der Waals surface area contributed by atoms with Crippen molar-refractivity contribution in [1.29, 1.82) is 0 Å². The Balaban J connectivity index is 0.000000286. The number of likely N-dealkylation sites (tertiary alicyclic amines) is 1. The monoisotopic (exact) mass is 547 g/mol. The Labute approximate surface area is 209 Å². The number of carbonyl (C=O) groups is 2. The lowest BCUT2D eigenvalue weighted by molar-refractivity contribution is -0.193. The molecule has 3 aliphatic rings. The minimum absolute atomic E-state index is 0.202. The van der Waals surface area contributed by atoms with Gasteiger partial charge in [-0.25, -0.2) is 9.59 Å². The van der Waals surface area contributed by atoms with Crippen LogP contribution in [0.25, 0.3) is 0 Å². The molecule has 0 amide bonds. The number of alkyl halides is 6. The van der Waals surface area contributed by atoms with E-state index < -0.39 is 24.3 Å². The predicted octanol–water partition coefficient (Wildman–Crippen LogP) is 3.48. The number of nitrogens with zero attached hydrogens (tertiary/aromatic N) is 3. The highest BCUT2D eigenvalue weighted by atomic mass is 19.4. The van der Waals surface area contributed by atoms with Crippen molar-refractivity contribution in [2.75, 3.05) is 32.9 Å². The van der Waals surface area contributed by atoms with Gasteiger partial charge in [0.15, 0.2) is 0 Å². The largest absolute Gasteiger partial charge is 0.490 e. The molecule has 1 saturated carbocycles. The van der Waals surface area contributed by atoms with Crippen molar-refractivity contribution >= 4 is 11.9 Å². The van der Waals surface area contributed by atoms with E-state index in [0.717, 1.165) is 51.8 Å². The van der Waals surface area contributed by atoms with Crippen LogP contribution < -0.4 is 0 Å². The topological polar surface area (TPSA) is 114 Å². The molecule has 2 unspecified atom stereocenters. The highest BCUT2D eigenvalue weighted by Gasteiger charge is 2.46. The van der Waals surface area contributed by atoms with E-state index >= 15 is 0 Å². The van der Waals surface area contributed by atoms with Gasteiger partial charge < -0.3 is 19.7 Å². The number of hydrogen-bond donors (Lipinski definition) is 2. The molecule has 0 radical (unpaired) electrons. The van der Waals surface area contributed by atoms with E-state index in [1.54, 1.807) is 0 Å². The summed E-state index contributed by atoms with van der Waals surface area (Å²) in [7, 11) is 1.98. The fraction of sp³-hybridized carbons (Fsp3) is 0.773. The van der Waals surface area contributed by atoms with Gasteiger partial charge >= 0.3 is 24.3 Å². The maximum absolute atomic E-state index is 10.6. The minimum atomic E-state index is -5.08. The molecule has 37 heavy (non-hydrogen) atoms. The molecule has 15 heteroatoms. The average Bonchev–Trinajstić information content (AvgIpc) is 3.52. The van der Waals surface area contributed by atoms with E-state index in [4.69, 9.17) is 29.3 Å². The zero-order chi connectivity index (χ0) is 27.9. The third kappa shape index (κ3) is 10.5. The Morgan fingerprint density at radius 2 is 1.73 bits per heavy atom. The number of rotatable bonds is 6. The van der Waals surface area contributed by atoms with Crippen LogP contribution in [0.2, 0.25) is 0 Å². The molecule has 0 aromatic carbocycles. The highest BCUT2D eigenvalue weighted by Crippen LogP contribution is 2.41. The Kier molecular flexibility index (Phi) is 10.8. The molecule has 2 N–H and O–H groups in total. The predicted molar refractivity (Wildman–Crippen MR) is 115 cm³/mol. The lowest BCUT2D eigenvalue weighted by atomic mass is 9.73. The van der Waals surface area contributed by atoms with Gasteiger partial charge in [0.1, 0.15) is 0 Å². The van der Waals surface area contributed by atoms with Crippen molar-refractivity contribution in [1.82, 2.24) is 14.7 Å². The first-order valence-electron chi connectivity index (χ1n) is 11.6. The number of ether oxygens (including phenoxy) is 2. The lowest BCUT2D eigenvalue weighted by Gasteiger charge is -2.50. The standard InChI is InChI=1S/C18H29N3O2.2C2HF3O2/c1-20-10-16(9-19-20)11-21-7-5-17-18(13-21,6-2-8-23-17)14-22-12-15-3-4-15;2*3-2(4,5)1(6)7/h9-10,15,17H,2-8,11-14H2,1H3;2*(H,6,7). The van der Waals surface area contributed by atoms with Gasteiger partial charge in [0.2, 0.25) is 0 Å². The number of carboxylic acid groups (broad SMARTS) is 2. The van der Waals surface area contributed by atoms with Crippen molar-refractivity contribution < 1.29 is 55.6 Å². The normalized spacial score (nSPS) is 24.1. The number of fused-ring (bicyclic) bond motifs is 1. The number of aliphatic carboxylic acids is 2. The molecule has 1 aromatic rings. The van der Waals surface area contributed by atoms with Gasteiger partial charge in [0.25, 0.3) is 0 Å². The van der Waals surface area contributed by atoms with Crippen molar-refractivity contribution in [3.63, 3.8) is 0 Å². The molecule has 2 atom stereocenters. The number of aromatic nitrogens is 2. The van der Waals surface area contributed by atoms with Crippen LogP contribution >= 0.6 is 0 Å². The molecular formula is C22H31F6N3O6. The second-order valence-corrected chi connectivity index (χ2v) is 9.41. The first-order valence-corrected chi connectivity index (χ1v) is 11.6. The van der Waals surface area contributed by atoms with Crippen molar-refractivity contribution in [2.45, 2.75) is 57.1 Å². The van der Waals surface area contributed by atoms with E-state index in [1.807, 2.05) is 17.9 Å². The molecule has 2 aliphatic heterocycles. The van der Waals surface area contributed by atoms with Crippen LogP contribution in [-0.2, 0) is 32.7 Å².